The number of nitrogens with two attached hydrogens (primary N) is 1. The summed E-state index contributed by atoms with van der Waals surface area (Å²) in [6.45, 7) is 11.4. The summed E-state index contributed by atoms with van der Waals surface area (Å²) in [5.74, 6) is -2.84. The van der Waals surface area contributed by atoms with Gasteiger partial charge in [-0.15, -0.1) is 0 Å². The molecule has 1 fully saturated rings. The van der Waals surface area contributed by atoms with E-state index in [4.69, 9.17) is 5.73 Å². The number of H-pyrrole nitrogens is 1. The van der Waals surface area contributed by atoms with Crippen molar-refractivity contribution in [1.29, 1.82) is 0 Å². The molecule has 0 aliphatic heterocycles. The normalized spacial score (nSPS) is 16.7. The lowest BCUT2D eigenvalue weighted by Gasteiger charge is -2.36. The number of hydrogen-bond donors (Lipinski definition) is 7. The number of aromatic nitrogens is 3. The average molecular weight is 872 g/mol. The third kappa shape index (κ3) is 16.5. The van der Waals surface area contributed by atoms with Gasteiger partial charge < -0.3 is 42.0 Å². The van der Waals surface area contributed by atoms with Gasteiger partial charge in [-0.3, -0.25) is 29.0 Å². The molecule has 0 radical (unpaired) electrons. The number of amides is 5. The van der Waals surface area contributed by atoms with Crippen LogP contribution in [0.1, 0.15) is 116 Å². The van der Waals surface area contributed by atoms with Gasteiger partial charge in [-0.2, -0.15) is 0 Å². The zero-order chi connectivity index (χ0) is 46.1. The van der Waals surface area contributed by atoms with Crippen LogP contribution >= 0.6 is 0 Å². The van der Waals surface area contributed by atoms with E-state index in [9.17, 15) is 29.1 Å². The molecule has 2 aromatic heterocycles. The summed E-state index contributed by atoms with van der Waals surface area (Å²) in [6.07, 6.45) is 10.2. The van der Waals surface area contributed by atoms with E-state index in [2.05, 4.69) is 36.2 Å². The number of carbonyl (C=O) groups is 5. The number of pyridine rings is 1. The van der Waals surface area contributed by atoms with E-state index in [0.717, 1.165) is 37.7 Å². The molecule has 1 saturated carbocycles. The molecular formula is C48H73N9O6. The molecule has 63 heavy (non-hydrogen) atoms. The Bertz CT molecular complexity index is 1870. The quantitative estimate of drug-likeness (QED) is 0.0679. The predicted molar refractivity (Wildman–Crippen MR) is 243 cm³/mol. The number of benzene rings is 1. The number of imidazole rings is 1. The highest BCUT2D eigenvalue weighted by atomic mass is 16.3. The van der Waals surface area contributed by atoms with E-state index in [-0.39, 0.29) is 67.7 Å². The van der Waals surface area contributed by atoms with Gasteiger partial charge in [0, 0.05) is 55.9 Å². The Morgan fingerprint density at radius 1 is 0.921 bits per heavy atom. The van der Waals surface area contributed by atoms with Crippen molar-refractivity contribution in [3.8, 4) is 0 Å². The summed E-state index contributed by atoms with van der Waals surface area (Å²) in [5.41, 5.74) is 7.49. The second kappa shape index (κ2) is 24.6. The largest absolute Gasteiger partial charge is 0.391 e. The fraction of sp³-hybridized carbons (Fsp3) is 0.604. The molecule has 3 aromatic rings. The maximum atomic E-state index is 14.7. The van der Waals surface area contributed by atoms with E-state index in [1.54, 1.807) is 39.4 Å². The second-order valence-corrected chi connectivity index (χ2v) is 18.6. The Balaban J connectivity index is 1.59. The van der Waals surface area contributed by atoms with Gasteiger partial charge in [-0.05, 0) is 62.1 Å². The molecule has 0 spiro atoms. The number of aromatic amines is 1. The first-order chi connectivity index (χ1) is 29.9. The number of aliphatic hydroxyl groups excluding tert-OH is 1. The lowest BCUT2D eigenvalue weighted by molar-refractivity contribution is -0.142. The molecule has 8 N–H and O–H groups in total. The number of likely N-dealkylation sites (N-methyl/N-ethyl adjacent to an activating group) is 1. The summed E-state index contributed by atoms with van der Waals surface area (Å²) >= 11 is 0. The predicted octanol–water partition coefficient (Wildman–Crippen LogP) is 4.35. The van der Waals surface area contributed by atoms with Gasteiger partial charge in [-0.25, -0.2) is 4.98 Å². The number of carbonyl (C=O) groups excluding carboxylic acids is 5. The number of nitrogens with one attached hydrogen (secondary N) is 5. The third-order valence-corrected chi connectivity index (χ3v) is 12.3. The number of nitrogens with zero attached hydrogens (tertiary/aromatic N) is 3. The molecule has 0 bridgehead atoms. The molecule has 2 heterocycles. The molecule has 1 aromatic carbocycles. The Morgan fingerprint density at radius 3 is 2.22 bits per heavy atom. The van der Waals surface area contributed by atoms with Crippen molar-refractivity contribution in [1.82, 2.24) is 41.1 Å². The van der Waals surface area contributed by atoms with Crippen LogP contribution < -0.4 is 27.0 Å². The van der Waals surface area contributed by atoms with Crippen LogP contribution in [0.2, 0.25) is 0 Å². The molecule has 1 aliphatic carbocycles. The molecule has 7 atom stereocenters. The minimum atomic E-state index is -1.13. The standard InChI is InChI=1S/C48H73N9O6/c1-8-32(4)43(46(62)52-29-35-21-15-16-22-51-35)56-44(60)37(31(2)3)26-41(58)38(23-33-17-11-9-12-18-33)55-45(61)40(25-36-28-50-30-53-36)57(7)47(63)39(24-34-19-13-10-14-20-34)54-42(59)27-48(5,6)49/h10,13-16,19-22,28,30-33,37-41,43,58H,8-9,11-12,17-18,23-27,29,49H2,1-7H3,(H,50,53)(H,52,62)(H,54,59)(H,55,61)(H,56,60)/t32-,37-,38-,39-,40-,41-,43-/m0/s1. The number of aliphatic hydroxyl groups is 1. The van der Waals surface area contributed by atoms with Gasteiger partial charge in [0.1, 0.15) is 18.1 Å². The molecule has 15 nitrogen and oxygen atoms in total. The van der Waals surface area contributed by atoms with Crippen LogP contribution in [0.3, 0.4) is 0 Å². The minimum absolute atomic E-state index is 0.0130. The maximum Gasteiger partial charge on any atom is 0.245 e. The van der Waals surface area contributed by atoms with Crippen molar-refractivity contribution in [2.24, 2.45) is 29.4 Å². The maximum absolute atomic E-state index is 14.7. The van der Waals surface area contributed by atoms with Crippen molar-refractivity contribution in [2.75, 3.05) is 7.05 Å². The van der Waals surface area contributed by atoms with Crippen LogP contribution in [-0.4, -0.2) is 97.4 Å². The van der Waals surface area contributed by atoms with Crippen LogP contribution in [0.5, 0.6) is 0 Å². The van der Waals surface area contributed by atoms with Crippen LogP contribution in [-0.2, 0) is 43.4 Å². The zero-order valence-corrected chi connectivity index (χ0v) is 38.4. The Labute approximate surface area is 373 Å². The molecule has 0 unspecified atom stereocenters. The smallest absolute Gasteiger partial charge is 0.245 e. The SMILES string of the molecule is CC[C@H](C)[C@H](NC(=O)[C@@H](C[C@H](O)[C@H](CC1CCCCC1)NC(=O)[C@H](Cc1cnc[nH]1)N(C)C(=O)[C@H](Cc1ccccc1)NC(=O)CC(C)(C)N)C(C)C)C(=O)NCc1ccccn1. The summed E-state index contributed by atoms with van der Waals surface area (Å²) in [4.78, 5) is 83.0. The molecular weight excluding hydrogens is 799 g/mol. The van der Waals surface area contributed by atoms with E-state index in [1.807, 2.05) is 70.2 Å². The van der Waals surface area contributed by atoms with E-state index in [0.29, 0.717) is 24.2 Å². The molecule has 4 rings (SSSR count). The Hall–Kier alpha value is -5.15. The number of hydrogen-bond acceptors (Lipinski definition) is 9. The molecule has 15 heteroatoms. The summed E-state index contributed by atoms with van der Waals surface area (Å²) in [6, 6.07) is 11.2. The first kappa shape index (κ1) is 50.5. The van der Waals surface area contributed by atoms with Crippen molar-refractivity contribution < 1.29 is 29.1 Å². The van der Waals surface area contributed by atoms with Crippen molar-refractivity contribution in [3.63, 3.8) is 0 Å². The molecule has 346 valence electrons. The molecule has 1 aliphatic rings. The summed E-state index contributed by atoms with van der Waals surface area (Å²) in [7, 11) is 1.55. The fourth-order valence-corrected chi connectivity index (χ4v) is 8.35. The van der Waals surface area contributed by atoms with Crippen LogP contribution in [0.15, 0.2) is 67.3 Å². The van der Waals surface area contributed by atoms with Crippen molar-refractivity contribution in [3.05, 3.63) is 84.2 Å². The average Bonchev–Trinajstić information content (AvgIpc) is 3.78. The Morgan fingerprint density at radius 2 is 1.62 bits per heavy atom. The number of rotatable bonds is 24. The first-order valence-electron chi connectivity index (χ1n) is 22.8. The minimum Gasteiger partial charge on any atom is -0.391 e. The van der Waals surface area contributed by atoms with Gasteiger partial charge in [-0.1, -0.05) is 103 Å². The highest BCUT2D eigenvalue weighted by molar-refractivity contribution is 5.93. The summed E-state index contributed by atoms with van der Waals surface area (Å²) < 4.78 is 0. The van der Waals surface area contributed by atoms with Gasteiger partial charge in [0.2, 0.25) is 29.5 Å². The van der Waals surface area contributed by atoms with Crippen LogP contribution in [0, 0.1) is 23.7 Å². The van der Waals surface area contributed by atoms with Gasteiger partial charge in [0.25, 0.3) is 0 Å². The van der Waals surface area contributed by atoms with Gasteiger partial charge in [0.05, 0.1) is 30.7 Å². The molecule has 5 amide bonds. The first-order valence-corrected chi connectivity index (χ1v) is 22.8. The van der Waals surface area contributed by atoms with Gasteiger partial charge >= 0.3 is 0 Å². The monoisotopic (exact) mass is 872 g/mol. The second-order valence-electron chi connectivity index (χ2n) is 18.6. The summed E-state index contributed by atoms with van der Waals surface area (Å²) in [5, 5.41) is 24.1. The lowest BCUT2D eigenvalue weighted by atomic mass is 9.81. The third-order valence-electron chi connectivity index (χ3n) is 12.3. The highest BCUT2D eigenvalue weighted by Crippen LogP contribution is 2.30. The van der Waals surface area contributed by atoms with E-state index >= 15 is 0 Å². The fourth-order valence-electron chi connectivity index (χ4n) is 8.35. The Kier molecular flexibility index (Phi) is 19.7. The zero-order valence-electron chi connectivity index (χ0n) is 38.4. The van der Waals surface area contributed by atoms with E-state index in [1.165, 1.54) is 11.2 Å². The highest BCUT2D eigenvalue weighted by Gasteiger charge is 2.38. The van der Waals surface area contributed by atoms with E-state index < -0.39 is 53.5 Å². The van der Waals surface area contributed by atoms with Crippen molar-refractivity contribution in [2.45, 2.75) is 155 Å². The lowest BCUT2D eigenvalue weighted by Crippen LogP contribution is -2.58. The topological polar surface area (TPSA) is 225 Å². The van der Waals surface area contributed by atoms with Crippen molar-refractivity contribution >= 4 is 29.5 Å². The van der Waals surface area contributed by atoms with Crippen LogP contribution in [0.4, 0.5) is 0 Å². The van der Waals surface area contributed by atoms with Crippen LogP contribution in [0.25, 0.3) is 0 Å². The molecule has 0 saturated heterocycles. The van der Waals surface area contributed by atoms with Gasteiger partial charge in [0.15, 0.2) is 0 Å².